The van der Waals surface area contributed by atoms with Crippen molar-refractivity contribution in [1.82, 2.24) is 0 Å². The largest absolute Gasteiger partial charge is 0.508 e. The second-order valence-electron chi connectivity index (χ2n) is 6.16. The summed E-state index contributed by atoms with van der Waals surface area (Å²) in [7, 11) is -2.44. The van der Waals surface area contributed by atoms with Crippen LogP contribution < -0.4 is 9.46 Å². The number of methoxy groups -OCH3 is 1. The molecular weight excluding hydrogens is 370 g/mol. The van der Waals surface area contributed by atoms with Gasteiger partial charge in [0.05, 0.1) is 17.7 Å². The van der Waals surface area contributed by atoms with Crippen molar-refractivity contribution >= 4 is 27.3 Å². The van der Waals surface area contributed by atoms with Gasteiger partial charge in [0, 0.05) is 5.56 Å². The van der Waals surface area contributed by atoms with E-state index < -0.39 is 27.5 Å². The summed E-state index contributed by atoms with van der Waals surface area (Å²) in [5.41, 5.74) is 0.679. The second-order valence-corrected chi connectivity index (χ2v) is 7.84. The van der Waals surface area contributed by atoms with Crippen LogP contribution in [0.4, 0.5) is 5.69 Å². The monoisotopic (exact) mass is 391 g/mol. The average Bonchev–Trinajstić information content (AvgIpc) is 2.58. The lowest BCUT2D eigenvalue weighted by molar-refractivity contribution is -0.126. The molecule has 0 unspecified atom stereocenters. The van der Waals surface area contributed by atoms with E-state index in [1.165, 1.54) is 57.4 Å². The number of carbonyl (C=O) groups excluding carboxylic acids is 2. The predicted molar refractivity (Wildman–Crippen MR) is 101 cm³/mol. The lowest BCUT2D eigenvalue weighted by Gasteiger charge is -2.17. The maximum Gasteiger partial charge on any atom is 0.261 e. The number of hydrogen-bond acceptors (Lipinski definition) is 6. The molecule has 27 heavy (non-hydrogen) atoms. The molecule has 0 aliphatic heterocycles. The number of phenols is 1. The van der Waals surface area contributed by atoms with Gasteiger partial charge in [0.2, 0.25) is 0 Å². The van der Waals surface area contributed by atoms with Crippen molar-refractivity contribution in [3.8, 4) is 11.5 Å². The highest BCUT2D eigenvalue weighted by molar-refractivity contribution is 7.92. The van der Waals surface area contributed by atoms with Crippen molar-refractivity contribution in [3.63, 3.8) is 0 Å². The van der Waals surface area contributed by atoms with Crippen LogP contribution in [0.1, 0.15) is 30.9 Å². The van der Waals surface area contributed by atoms with E-state index in [4.69, 9.17) is 4.74 Å². The molecule has 0 atom stereocenters. The molecule has 2 aromatic carbocycles. The number of ketones is 2. The van der Waals surface area contributed by atoms with Gasteiger partial charge in [-0.2, -0.15) is 0 Å². The number of aromatic hydroxyl groups is 1. The molecule has 0 saturated heterocycles. The van der Waals surface area contributed by atoms with Gasteiger partial charge in [0.25, 0.3) is 10.0 Å². The van der Waals surface area contributed by atoms with Gasteiger partial charge >= 0.3 is 0 Å². The Morgan fingerprint density at radius 2 is 1.63 bits per heavy atom. The fourth-order valence-corrected chi connectivity index (χ4v) is 3.86. The molecule has 144 valence electrons. The molecular formula is C19H21NO6S. The zero-order chi connectivity index (χ0) is 20.4. The van der Waals surface area contributed by atoms with Gasteiger partial charge in [-0.1, -0.05) is 0 Å². The number of carbonyl (C=O) groups is 2. The van der Waals surface area contributed by atoms with Gasteiger partial charge < -0.3 is 9.84 Å². The minimum Gasteiger partial charge on any atom is -0.508 e. The Labute approximate surface area is 158 Å². The molecule has 2 N–H and O–H groups in total. The number of hydrogen-bond donors (Lipinski definition) is 2. The molecule has 0 fully saturated rings. The molecule has 0 radical (unpaired) electrons. The summed E-state index contributed by atoms with van der Waals surface area (Å²) in [4.78, 5) is 23.7. The molecule has 0 aliphatic rings. The van der Waals surface area contributed by atoms with Crippen LogP contribution in [0, 0.1) is 6.92 Å². The number of nitrogens with one attached hydrogen (secondary N) is 1. The van der Waals surface area contributed by atoms with Crippen molar-refractivity contribution < 1.29 is 27.9 Å². The summed E-state index contributed by atoms with van der Waals surface area (Å²) >= 11 is 0. The van der Waals surface area contributed by atoms with Crippen molar-refractivity contribution in [2.75, 3.05) is 11.8 Å². The standard InChI is InChI=1S/C19H21NO6S/c1-11-9-18(23)16(19(12(2)21)13(3)22)10-17(11)20-27(24,25)15-7-5-14(26-4)6-8-15/h5-10,19-20,23H,1-4H3. The SMILES string of the molecule is COc1ccc(S(=O)(=O)Nc2cc(C(C(C)=O)C(C)=O)c(O)cc2C)cc1. The summed E-state index contributed by atoms with van der Waals surface area (Å²) in [6.07, 6.45) is 0. The van der Waals surface area contributed by atoms with Crippen molar-refractivity contribution in [3.05, 3.63) is 47.5 Å². The van der Waals surface area contributed by atoms with Crippen LogP contribution in [0.5, 0.6) is 11.5 Å². The highest BCUT2D eigenvalue weighted by Gasteiger charge is 2.26. The first-order valence-corrected chi connectivity index (χ1v) is 9.56. The van der Waals surface area contributed by atoms with Gasteiger partial charge in [-0.25, -0.2) is 8.42 Å². The van der Waals surface area contributed by atoms with Gasteiger partial charge in [-0.15, -0.1) is 0 Å². The normalized spacial score (nSPS) is 11.3. The molecule has 2 aromatic rings. The van der Waals surface area contributed by atoms with E-state index >= 15 is 0 Å². The van der Waals surface area contributed by atoms with Crippen molar-refractivity contribution in [1.29, 1.82) is 0 Å². The highest BCUT2D eigenvalue weighted by atomic mass is 32.2. The Hall–Kier alpha value is -2.87. The zero-order valence-electron chi connectivity index (χ0n) is 15.4. The maximum atomic E-state index is 12.6. The second kappa shape index (κ2) is 7.79. The number of aryl methyl sites for hydroxylation is 1. The molecule has 0 spiro atoms. The molecule has 0 aromatic heterocycles. The topological polar surface area (TPSA) is 110 Å². The summed E-state index contributed by atoms with van der Waals surface area (Å²) in [5, 5.41) is 10.2. The number of phenolic OH excluding ortho intramolecular Hbond substituents is 1. The smallest absolute Gasteiger partial charge is 0.261 e. The van der Waals surface area contributed by atoms with E-state index in [1.54, 1.807) is 6.92 Å². The fraction of sp³-hybridized carbons (Fsp3) is 0.263. The minimum absolute atomic E-state index is 0.0204. The lowest BCUT2D eigenvalue weighted by Crippen LogP contribution is -2.19. The molecule has 0 saturated carbocycles. The molecule has 7 nitrogen and oxygen atoms in total. The first-order valence-electron chi connectivity index (χ1n) is 8.08. The van der Waals surface area contributed by atoms with Crippen LogP contribution in [0.15, 0.2) is 41.3 Å². The fourth-order valence-electron chi connectivity index (χ4n) is 2.73. The van der Waals surface area contributed by atoms with Crippen LogP contribution in [0.3, 0.4) is 0 Å². The number of ether oxygens (including phenoxy) is 1. The number of sulfonamides is 1. The van der Waals surface area contributed by atoms with Crippen LogP contribution in [-0.2, 0) is 19.6 Å². The van der Waals surface area contributed by atoms with E-state index in [0.29, 0.717) is 11.3 Å². The Kier molecular flexibility index (Phi) is 5.90. The summed E-state index contributed by atoms with van der Waals surface area (Å²) in [6.45, 7) is 4.09. The molecule has 0 heterocycles. The quantitative estimate of drug-likeness (QED) is 0.555. The zero-order valence-corrected chi connectivity index (χ0v) is 16.3. The Morgan fingerprint density at radius 1 is 1.07 bits per heavy atom. The molecule has 0 amide bonds. The van der Waals surface area contributed by atoms with E-state index in [9.17, 15) is 23.1 Å². The van der Waals surface area contributed by atoms with Crippen LogP contribution in [-0.4, -0.2) is 32.2 Å². The van der Waals surface area contributed by atoms with Crippen LogP contribution in [0.25, 0.3) is 0 Å². The van der Waals surface area contributed by atoms with Crippen molar-refractivity contribution in [2.45, 2.75) is 31.6 Å². The number of rotatable bonds is 7. The molecule has 0 bridgehead atoms. The van der Waals surface area contributed by atoms with Gasteiger partial charge in [0.1, 0.15) is 29.0 Å². The predicted octanol–water partition coefficient (Wildman–Crippen LogP) is 2.77. The third-order valence-corrected chi connectivity index (χ3v) is 5.49. The first kappa shape index (κ1) is 20.4. The number of benzene rings is 2. The Morgan fingerprint density at radius 3 is 2.11 bits per heavy atom. The Balaban J connectivity index is 2.47. The summed E-state index contributed by atoms with van der Waals surface area (Å²) < 4.78 is 32.7. The summed E-state index contributed by atoms with van der Waals surface area (Å²) in [5.74, 6) is -1.76. The van der Waals surface area contributed by atoms with Gasteiger partial charge in [-0.05, 0) is 62.7 Å². The van der Waals surface area contributed by atoms with E-state index in [-0.39, 0.29) is 21.9 Å². The molecule has 0 aliphatic carbocycles. The number of anilines is 1. The first-order chi connectivity index (χ1) is 12.6. The molecule has 2 rings (SSSR count). The van der Waals surface area contributed by atoms with Crippen LogP contribution in [0.2, 0.25) is 0 Å². The maximum absolute atomic E-state index is 12.6. The Bertz CT molecular complexity index is 966. The van der Waals surface area contributed by atoms with Crippen LogP contribution >= 0.6 is 0 Å². The van der Waals surface area contributed by atoms with E-state index in [1.807, 2.05) is 0 Å². The average molecular weight is 391 g/mol. The highest BCUT2D eigenvalue weighted by Crippen LogP contribution is 2.33. The van der Waals surface area contributed by atoms with Crippen molar-refractivity contribution in [2.24, 2.45) is 0 Å². The molecule has 8 heteroatoms. The minimum atomic E-state index is -3.91. The van der Waals surface area contributed by atoms with Gasteiger partial charge in [0.15, 0.2) is 0 Å². The number of Topliss-reactive ketones (excluding diaryl/α,β-unsaturated/α-hetero) is 2. The summed E-state index contributed by atoms with van der Waals surface area (Å²) in [6, 6.07) is 8.47. The van der Waals surface area contributed by atoms with E-state index in [2.05, 4.69) is 4.72 Å². The van der Waals surface area contributed by atoms with E-state index in [0.717, 1.165) is 0 Å². The third-order valence-electron chi connectivity index (χ3n) is 4.11. The third kappa shape index (κ3) is 4.46. The van der Waals surface area contributed by atoms with Gasteiger partial charge in [-0.3, -0.25) is 14.3 Å². The lowest BCUT2D eigenvalue weighted by atomic mass is 9.90.